The molecule has 1 aliphatic heterocycles. The maximum atomic E-state index is 10.3. The van der Waals surface area contributed by atoms with E-state index in [1.807, 2.05) is 7.05 Å². The summed E-state index contributed by atoms with van der Waals surface area (Å²) in [6.07, 6.45) is 8.65. The molecule has 2 heterocycles. The van der Waals surface area contributed by atoms with E-state index in [-0.39, 0.29) is 16.8 Å². The smallest absolute Gasteiger partial charge is 0.127 e. The van der Waals surface area contributed by atoms with Crippen molar-refractivity contribution in [2.45, 2.75) is 57.7 Å². The minimum absolute atomic E-state index is 0.0365. The molecule has 0 unspecified atom stereocenters. The number of phenolic OH excluding ortho intramolecular Hbond substituents is 1. The van der Waals surface area contributed by atoms with Crippen LogP contribution in [0, 0.1) is 0 Å². The van der Waals surface area contributed by atoms with Gasteiger partial charge in [-0.15, -0.1) is 0 Å². The molecule has 1 aromatic heterocycles. The van der Waals surface area contributed by atoms with E-state index in [2.05, 4.69) is 47.9 Å². The molecule has 2 aromatic rings. The van der Waals surface area contributed by atoms with Crippen molar-refractivity contribution in [3.05, 3.63) is 48.2 Å². The molecular formula is C22H32N6O. The number of fused-ring (bicyclic) bond motifs is 1. The Morgan fingerprint density at radius 3 is 2.48 bits per heavy atom. The zero-order valence-electron chi connectivity index (χ0n) is 17.9. The van der Waals surface area contributed by atoms with Gasteiger partial charge in [0, 0.05) is 53.1 Å². The van der Waals surface area contributed by atoms with Gasteiger partial charge in [-0.1, -0.05) is 0 Å². The minimum Gasteiger partial charge on any atom is -0.507 e. The lowest BCUT2D eigenvalue weighted by Gasteiger charge is -2.49. The van der Waals surface area contributed by atoms with Gasteiger partial charge in [-0.25, -0.2) is 9.97 Å². The van der Waals surface area contributed by atoms with Gasteiger partial charge in [-0.05, 0) is 58.8 Å². The molecule has 0 radical (unpaired) electrons. The number of nitrogens with one attached hydrogen (secondary N) is 1. The summed E-state index contributed by atoms with van der Waals surface area (Å²) in [7, 11) is 2.02. The highest BCUT2D eigenvalue weighted by Crippen LogP contribution is 2.32. The van der Waals surface area contributed by atoms with Crippen molar-refractivity contribution in [2.75, 3.05) is 7.05 Å². The van der Waals surface area contributed by atoms with Crippen LogP contribution in [0.15, 0.2) is 42.6 Å². The first-order chi connectivity index (χ1) is 13.5. The summed E-state index contributed by atoms with van der Waals surface area (Å²) >= 11 is 0. The highest BCUT2D eigenvalue weighted by molar-refractivity contribution is 5.85. The average Bonchev–Trinajstić information content (AvgIpc) is 2.62. The Morgan fingerprint density at radius 1 is 1.17 bits per heavy atom. The van der Waals surface area contributed by atoms with Gasteiger partial charge in [0.1, 0.15) is 12.1 Å². The first-order valence-corrected chi connectivity index (χ1v) is 9.86. The van der Waals surface area contributed by atoms with Crippen LogP contribution in [0.25, 0.3) is 16.6 Å². The number of hydrogen-bond donors (Lipinski definition) is 4. The average molecular weight is 397 g/mol. The van der Waals surface area contributed by atoms with Crippen LogP contribution in [0.5, 0.6) is 5.75 Å². The van der Waals surface area contributed by atoms with Gasteiger partial charge in [0.05, 0.1) is 11.3 Å². The number of nitrogens with two attached hydrogens (primary N) is 2. The molecule has 1 aliphatic rings. The maximum Gasteiger partial charge on any atom is 0.127 e. The zero-order chi connectivity index (χ0) is 21.4. The van der Waals surface area contributed by atoms with Crippen LogP contribution in [0.4, 0.5) is 0 Å². The summed E-state index contributed by atoms with van der Waals surface area (Å²) in [5.74, 6) is 0.710. The molecule has 0 aliphatic carbocycles. The predicted octanol–water partition coefficient (Wildman–Crippen LogP) is 2.68. The number of phenols is 1. The molecule has 0 spiro atoms. The van der Waals surface area contributed by atoms with E-state index in [1.165, 1.54) is 6.33 Å². The van der Waals surface area contributed by atoms with E-state index in [0.29, 0.717) is 28.6 Å². The van der Waals surface area contributed by atoms with E-state index in [9.17, 15) is 5.11 Å². The number of nitrogens with zero attached hydrogens (tertiary/aromatic N) is 3. The molecule has 29 heavy (non-hydrogen) atoms. The van der Waals surface area contributed by atoms with Crippen LogP contribution in [0.3, 0.4) is 0 Å². The molecule has 7 heteroatoms. The molecule has 0 atom stereocenters. The lowest BCUT2D eigenvalue weighted by molar-refractivity contribution is 0.0981. The van der Waals surface area contributed by atoms with Crippen molar-refractivity contribution in [3.63, 3.8) is 0 Å². The molecule has 1 aromatic carbocycles. The minimum atomic E-state index is 0.0365. The van der Waals surface area contributed by atoms with Crippen molar-refractivity contribution in [1.29, 1.82) is 0 Å². The van der Waals surface area contributed by atoms with Crippen molar-refractivity contribution < 1.29 is 5.11 Å². The molecule has 0 saturated carbocycles. The first kappa shape index (κ1) is 20.9. The summed E-state index contributed by atoms with van der Waals surface area (Å²) in [4.78, 5) is 10.3. The fraction of sp³-hybridized carbons (Fsp3) is 0.455. The van der Waals surface area contributed by atoms with Crippen LogP contribution in [0.1, 0.15) is 46.1 Å². The highest BCUT2D eigenvalue weighted by Gasteiger charge is 2.39. The fourth-order valence-corrected chi connectivity index (χ4v) is 4.39. The summed E-state index contributed by atoms with van der Waals surface area (Å²) in [5.41, 5.74) is 14.3. The SMILES string of the molecule is CN(/C(N)=C/C=C(\N)c1cc2cncnc2cc1O)C1CC(C)(C)NC(C)(C)C1. The fourth-order valence-electron chi connectivity index (χ4n) is 4.39. The van der Waals surface area contributed by atoms with E-state index >= 15 is 0 Å². The Kier molecular flexibility index (Phi) is 5.45. The topological polar surface area (TPSA) is 113 Å². The van der Waals surface area contributed by atoms with Gasteiger partial charge in [-0.2, -0.15) is 0 Å². The van der Waals surface area contributed by atoms with Gasteiger partial charge >= 0.3 is 0 Å². The number of allylic oxidation sites excluding steroid dienone is 2. The quantitative estimate of drug-likeness (QED) is 0.588. The van der Waals surface area contributed by atoms with Crippen molar-refractivity contribution in [2.24, 2.45) is 11.5 Å². The second-order valence-corrected chi connectivity index (χ2v) is 9.23. The normalized spacial score (nSPS) is 20.0. The lowest BCUT2D eigenvalue weighted by atomic mass is 9.79. The number of aromatic nitrogens is 2. The monoisotopic (exact) mass is 396 g/mol. The summed E-state index contributed by atoms with van der Waals surface area (Å²) in [6, 6.07) is 3.69. The number of piperidine rings is 1. The van der Waals surface area contributed by atoms with Crippen LogP contribution in [-0.4, -0.2) is 44.1 Å². The van der Waals surface area contributed by atoms with Gasteiger partial charge in [0.15, 0.2) is 0 Å². The third-order valence-electron chi connectivity index (χ3n) is 5.49. The van der Waals surface area contributed by atoms with Crippen molar-refractivity contribution >= 4 is 16.6 Å². The van der Waals surface area contributed by atoms with E-state index < -0.39 is 0 Å². The zero-order valence-corrected chi connectivity index (χ0v) is 17.9. The number of benzene rings is 1. The lowest BCUT2D eigenvalue weighted by Crippen LogP contribution is -2.61. The Morgan fingerprint density at radius 2 is 1.83 bits per heavy atom. The maximum absolute atomic E-state index is 10.3. The highest BCUT2D eigenvalue weighted by atomic mass is 16.3. The number of rotatable bonds is 4. The molecule has 3 rings (SSSR count). The first-order valence-electron chi connectivity index (χ1n) is 9.86. The summed E-state index contributed by atoms with van der Waals surface area (Å²) in [6.45, 7) is 8.88. The van der Waals surface area contributed by atoms with Crippen molar-refractivity contribution in [3.8, 4) is 5.75 Å². The number of hydrogen-bond acceptors (Lipinski definition) is 7. The van der Waals surface area contributed by atoms with Gasteiger partial charge in [-0.3, -0.25) is 0 Å². The Bertz CT molecular complexity index is 947. The van der Waals surface area contributed by atoms with Crippen LogP contribution < -0.4 is 16.8 Å². The largest absolute Gasteiger partial charge is 0.507 e. The van der Waals surface area contributed by atoms with E-state index in [1.54, 1.807) is 30.5 Å². The molecule has 7 nitrogen and oxygen atoms in total. The number of aromatic hydroxyl groups is 1. The molecule has 0 amide bonds. The van der Waals surface area contributed by atoms with Gasteiger partial charge in [0.2, 0.25) is 0 Å². The molecule has 6 N–H and O–H groups in total. The standard InChI is InChI=1S/C22H32N6O/c1-21(2)10-15(11-22(3,4)27-21)28(5)20(24)7-6-17(23)16-8-14-12-25-13-26-18(14)9-19(16)29/h6-9,12-13,15,27,29H,10-11,23-24H2,1-5H3/b17-6-,20-7+. The van der Waals surface area contributed by atoms with E-state index in [4.69, 9.17) is 11.5 Å². The van der Waals surface area contributed by atoms with Crippen LogP contribution in [-0.2, 0) is 0 Å². The van der Waals surface area contributed by atoms with E-state index in [0.717, 1.165) is 18.2 Å². The van der Waals surface area contributed by atoms with Crippen LogP contribution >= 0.6 is 0 Å². The van der Waals surface area contributed by atoms with Crippen LogP contribution in [0.2, 0.25) is 0 Å². The van der Waals surface area contributed by atoms with Crippen molar-refractivity contribution in [1.82, 2.24) is 20.2 Å². The second-order valence-electron chi connectivity index (χ2n) is 9.23. The second kappa shape index (κ2) is 7.55. The predicted molar refractivity (Wildman–Crippen MR) is 118 cm³/mol. The molecule has 1 saturated heterocycles. The third kappa shape index (κ3) is 4.79. The molecular weight excluding hydrogens is 364 g/mol. The molecule has 156 valence electrons. The van der Waals surface area contributed by atoms with Gasteiger partial charge < -0.3 is 26.8 Å². The molecule has 1 fully saturated rings. The Labute approximate surface area is 172 Å². The summed E-state index contributed by atoms with van der Waals surface area (Å²) < 4.78 is 0. The third-order valence-corrected chi connectivity index (χ3v) is 5.49. The van der Waals surface area contributed by atoms with Gasteiger partial charge in [0.25, 0.3) is 0 Å². The molecule has 0 bridgehead atoms. The summed E-state index contributed by atoms with van der Waals surface area (Å²) in [5, 5.41) is 14.8. The Balaban J connectivity index is 1.82. The Hall–Kier alpha value is -2.80.